The Morgan fingerprint density at radius 2 is 1.85 bits per heavy atom. The number of pyridine rings is 2. The molecule has 0 radical (unpaired) electrons. The number of ether oxygens (including phenoxy) is 1. The van der Waals surface area contributed by atoms with E-state index >= 15 is 0 Å². The van der Waals surface area contributed by atoms with Crippen molar-refractivity contribution in [1.29, 1.82) is 0 Å². The van der Waals surface area contributed by atoms with Gasteiger partial charge in [0.15, 0.2) is 0 Å². The molecule has 0 N–H and O–H groups in total. The van der Waals surface area contributed by atoms with Crippen LogP contribution >= 0.6 is 0 Å². The molecule has 2 heterocycles. The van der Waals surface area contributed by atoms with E-state index in [2.05, 4.69) is 14.2 Å². The summed E-state index contributed by atoms with van der Waals surface area (Å²) < 4.78 is 69.1. The second-order valence-corrected chi connectivity index (χ2v) is 6.63. The zero-order chi connectivity index (χ0) is 18.9. The highest BCUT2D eigenvalue weighted by molar-refractivity contribution is 7.87. The Balaban J connectivity index is 2.12. The van der Waals surface area contributed by atoms with Crippen LogP contribution in [0.1, 0.15) is 0 Å². The van der Waals surface area contributed by atoms with E-state index in [0.717, 1.165) is 6.07 Å². The van der Waals surface area contributed by atoms with Gasteiger partial charge in [0.2, 0.25) is 5.88 Å². The molecule has 0 aliphatic heterocycles. The van der Waals surface area contributed by atoms with E-state index in [1.807, 2.05) is 0 Å². The van der Waals surface area contributed by atoms with Crippen LogP contribution in [0.4, 0.5) is 13.2 Å². The van der Waals surface area contributed by atoms with Gasteiger partial charge in [-0.05, 0) is 29.8 Å². The third-order valence-electron chi connectivity index (χ3n) is 3.42. The number of hydrogen-bond acceptors (Lipinski definition) is 6. The maximum atomic E-state index is 12.5. The quantitative estimate of drug-likeness (QED) is 0.506. The summed E-state index contributed by atoms with van der Waals surface area (Å²) in [6, 6.07) is 10.8. The summed E-state index contributed by atoms with van der Waals surface area (Å²) >= 11 is 0. The number of hydrogen-bond donors (Lipinski definition) is 0. The molecule has 0 atom stereocenters. The van der Waals surface area contributed by atoms with Crippen molar-refractivity contribution in [3.63, 3.8) is 0 Å². The Kier molecular flexibility index (Phi) is 4.45. The summed E-state index contributed by atoms with van der Waals surface area (Å²) in [6.07, 6.45) is 1.51. The molecular formula is C16H11F3N2O4S. The molecule has 1 aromatic carbocycles. The average molecular weight is 384 g/mol. The molecule has 0 fully saturated rings. The van der Waals surface area contributed by atoms with Crippen molar-refractivity contribution in [2.45, 2.75) is 5.51 Å². The van der Waals surface area contributed by atoms with Crippen molar-refractivity contribution in [1.82, 2.24) is 9.97 Å². The summed E-state index contributed by atoms with van der Waals surface area (Å²) in [5.41, 5.74) is -3.80. The molecule has 3 rings (SSSR count). The number of rotatable bonds is 4. The first-order valence-corrected chi connectivity index (χ1v) is 8.53. The second kappa shape index (κ2) is 6.45. The van der Waals surface area contributed by atoms with Gasteiger partial charge in [-0.3, -0.25) is 4.98 Å². The number of alkyl halides is 3. The van der Waals surface area contributed by atoms with E-state index in [0.29, 0.717) is 22.4 Å². The zero-order valence-corrected chi connectivity index (χ0v) is 14.0. The Hall–Kier alpha value is -2.88. The van der Waals surface area contributed by atoms with Gasteiger partial charge >= 0.3 is 15.6 Å². The summed E-state index contributed by atoms with van der Waals surface area (Å²) in [5.74, 6) is -0.133. The molecule has 0 saturated carbocycles. The highest BCUT2D eigenvalue weighted by Gasteiger charge is 2.48. The van der Waals surface area contributed by atoms with E-state index < -0.39 is 21.5 Å². The molecule has 0 spiro atoms. The van der Waals surface area contributed by atoms with Crippen molar-refractivity contribution in [3.8, 4) is 22.8 Å². The van der Waals surface area contributed by atoms with Gasteiger partial charge < -0.3 is 8.92 Å². The molecule has 26 heavy (non-hydrogen) atoms. The zero-order valence-electron chi connectivity index (χ0n) is 13.2. The van der Waals surface area contributed by atoms with Gasteiger partial charge in [-0.25, -0.2) is 4.98 Å². The summed E-state index contributed by atoms with van der Waals surface area (Å²) in [7, 11) is -4.31. The van der Waals surface area contributed by atoms with Gasteiger partial charge in [-0.1, -0.05) is 12.1 Å². The highest BCUT2D eigenvalue weighted by atomic mass is 32.2. The standard InChI is InChI=1S/C16H11F3N2O4S/c1-24-11-4-2-3-10(9-11)12-7-8-20-13-5-6-14(21-15(12)13)25-26(22,23)16(17,18)19/h2-9H,1H3. The van der Waals surface area contributed by atoms with Crippen LogP contribution in [0.3, 0.4) is 0 Å². The van der Waals surface area contributed by atoms with Crippen LogP contribution in [-0.4, -0.2) is 31.0 Å². The molecule has 6 nitrogen and oxygen atoms in total. The van der Waals surface area contributed by atoms with Crippen LogP contribution in [-0.2, 0) is 10.1 Å². The van der Waals surface area contributed by atoms with Crippen molar-refractivity contribution in [2.75, 3.05) is 7.11 Å². The van der Waals surface area contributed by atoms with E-state index in [4.69, 9.17) is 4.74 Å². The van der Waals surface area contributed by atoms with Crippen LogP contribution in [0.5, 0.6) is 11.6 Å². The summed E-state index contributed by atoms with van der Waals surface area (Å²) in [5, 5.41) is 0. The fourth-order valence-electron chi connectivity index (χ4n) is 2.24. The van der Waals surface area contributed by atoms with Crippen molar-refractivity contribution in [3.05, 3.63) is 48.7 Å². The van der Waals surface area contributed by atoms with Crippen LogP contribution in [0.2, 0.25) is 0 Å². The predicted octanol–water partition coefficient (Wildman–Crippen LogP) is 3.53. The highest BCUT2D eigenvalue weighted by Crippen LogP contribution is 2.31. The molecule has 2 aromatic heterocycles. The van der Waals surface area contributed by atoms with E-state index in [1.54, 1.807) is 30.3 Å². The number of fused-ring (bicyclic) bond motifs is 1. The molecule has 0 amide bonds. The smallest absolute Gasteiger partial charge is 0.497 e. The lowest BCUT2D eigenvalue weighted by Crippen LogP contribution is -2.28. The molecular weight excluding hydrogens is 373 g/mol. The number of methoxy groups -OCH3 is 1. The third kappa shape index (κ3) is 3.40. The minimum atomic E-state index is -5.81. The molecule has 0 unspecified atom stereocenters. The predicted molar refractivity (Wildman–Crippen MR) is 87.1 cm³/mol. The molecule has 0 bridgehead atoms. The van der Waals surface area contributed by atoms with Gasteiger partial charge in [0.1, 0.15) is 11.3 Å². The van der Waals surface area contributed by atoms with Crippen molar-refractivity contribution in [2.24, 2.45) is 0 Å². The lowest BCUT2D eigenvalue weighted by molar-refractivity contribution is -0.0501. The van der Waals surface area contributed by atoms with Crippen molar-refractivity contribution < 1.29 is 30.5 Å². The van der Waals surface area contributed by atoms with Crippen LogP contribution in [0, 0.1) is 0 Å². The first-order valence-electron chi connectivity index (χ1n) is 7.12. The van der Waals surface area contributed by atoms with Crippen molar-refractivity contribution >= 4 is 21.2 Å². The third-order valence-corrected chi connectivity index (χ3v) is 4.37. The van der Waals surface area contributed by atoms with E-state index in [9.17, 15) is 21.6 Å². The lowest BCUT2D eigenvalue weighted by atomic mass is 10.0. The van der Waals surface area contributed by atoms with E-state index in [-0.39, 0.29) is 5.52 Å². The SMILES string of the molecule is COc1cccc(-c2ccnc3ccc(OS(=O)(=O)C(F)(F)F)nc23)c1. The maximum absolute atomic E-state index is 12.5. The first-order chi connectivity index (χ1) is 12.2. The van der Waals surface area contributed by atoms with Gasteiger partial charge in [-0.2, -0.15) is 21.6 Å². The summed E-state index contributed by atoms with van der Waals surface area (Å²) in [6.45, 7) is 0. The molecule has 10 heteroatoms. The van der Waals surface area contributed by atoms with E-state index in [1.165, 1.54) is 19.4 Å². The monoisotopic (exact) mass is 384 g/mol. The minimum Gasteiger partial charge on any atom is -0.497 e. The topological polar surface area (TPSA) is 78.4 Å². The molecule has 0 saturated heterocycles. The number of nitrogens with zero attached hydrogens (tertiary/aromatic N) is 2. The Morgan fingerprint density at radius 3 is 2.54 bits per heavy atom. The normalized spacial score (nSPS) is 12.2. The van der Waals surface area contributed by atoms with Gasteiger partial charge in [0.05, 0.1) is 12.6 Å². The molecule has 136 valence electrons. The van der Waals surface area contributed by atoms with Crippen LogP contribution < -0.4 is 8.92 Å². The fourth-order valence-corrected chi connectivity index (χ4v) is 2.65. The minimum absolute atomic E-state index is 0.190. The molecule has 0 aliphatic rings. The van der Waals surface area contributed by atoms with Gasteiger partial charge in [0, 0.05) is 17.8 Å². The average Bonchev–Trinajstić information content (AvgIpc) is 2.60. The molecule has 0 aliphatic carbocycles. The fraction of sp³-hybridized carbons (Fsp3) is 0.125. The van der Waals surface area contributed by atoms with Crippen LogP contribution in [0.25, 0.3) is 22.2 Å². The second-order valence-electron chi connectivity index (χ2n) is 5.09. The first kappa shape index (κ1) is 17.9. The summed E-state index contributed by atoms with van der Waals surface area (Å²) in [4.78, 5) is 7.98. The maximum Gasteiger partial charge on any atom is 0.534 e. The number of aromatic nitrogens is 2. The largest absolute Gasteiger partial charge is 0.534 e. The number of halogens is 3. The number of benzene rings is 1. The van der Waals surface area contributed by atoms with Gasteiger partial charge in [-0.15, -0.1) is 0 Å². The Bertz CT molecular complexity index is 1070. The Labute approximate surface area is 146 Å². The molecule has 3 aromatic rings. The van der Waals surface area contributed by atoms with Crippen LogP contribution in [0.15, 0.2) is 48.7 Å². The lowest BCUT2D eigenvalue weighted by Gasteiger charge is -2.11. The Morgan fingerprint density at radius 1 is 1.08 bits per heavy atom. The van der Waals surface area contributed by atoms with Gasteiger partial charge in [0.25, 0.3) is 0 Å².